The summed E-state index contributed by atoms with van der Waals surface area (Å²) in [6, 6.07) is 12.3. The van der Waals surface area contributed by atoms with Crippen molar-refractivity contribution in [3.63, 3.8) is 0 Å². The molecule has 3 aromatic rings. The number of benzene rings is 2. The van der Waals surface area contributed by atoms with Crippen LogP contribution in [0.2, 0.25) is 0 Å². The highest BCUT2D eigenvalue weighted by molar-refractivity contribution is 5.89. The Morgan fingerprint density at radius 2 is 2.13 bits per heavy atom. The largest absolute Gasteiger partial charge is 0.504 e. The second-order valence-electron chi connectivity index (χ2n) is 4.92. The van der Waals surface area contributed by atoms with Crippen molar-refractivity contribution in [1.82, 2.24) is 15.0 Å². The van der Waals surface area contributed by atoms with E-state index in [1.54, 1.807) is 30.4 Å². The number of methoxy groups -OCH3 is 1. The summed E-state index contributed by atoms with van der Waals surface area (Å²) in [5.74, 6) is 0.302. The van der Waals surface area contributed by atoms with E-state index in [0.717, 1.165) is 5.56 Å². The lowest BCUT2D eigenvalue weighted by molar-refractivity contribution is 0.0905. The Morgan fingerprint density at radius 3 is 2.96 bits per heavy atom. The molecule has 6 nitrogen and oxygen atoms in total. The number of allylic oxidation sites excluding steroid dienone is 1. The van der Waals surface area contributed by atoms with Gasteiger partial charge in [-0.05, 0) is 29.8 Å². The van der Waals surface area contributed by atoms with Gasteiger partial charge in [0.05, 0.1) is 12.6 Å². The summed E-state index contributed by atoms with van der Waals surface area (Å²) in [6.07, 6.45) is 3.72. The van der Waals surface area contributed by atoms with Gasteiger partial charge in [0, 0.05) is 6.42 Å². The smallest absolute Gasteiger partial charge is 0.252 e. The standard InChI is InChI=1S/C17H15N3O3/c1-23-16-11-12(9-10-15(16)21)5-4-8-17(22)20-14-7-3-2-6-13(14)18-19-20/h2-7,9-11,21H,8H2,1H3/b5-4+. The van der Waals surface area contributed by atoms with E-state index in [2.05, 4.69) is 10.3 Å². The van der Waals surface area contributed by atoms with E-state index in [-0.39, 0.29) is 18.1 Å². The summed E-state index contributed by atoms with van der Waals surface area (Å²) in [5, 5.41) is 17.4. The predicted molar refractivity (Wildman–Crippen MR) is 86.5 cm³/mol. The van der Waals surface area contributed by atoms with Crippen LogP contribution in [-0.2, 0) is 0 Å². The van der Waals surface area contributed by atoms with Crippen molar-refractivity contribution in [3.8, 4) is 11.5 Å². The summed E-state index contributed by atoms with van der Waals surface area (Å²) in [4.78, 5) is 12.2. The third-order valence-corrected chi connectivity index (χ3v) is 3.39. The van der Waals surface area contributed by atoms with Gasteiger partial charge >= 0.3 is 0 Å². The zero-order chi connectivity index (χ0) is 16.2. The Kier molecular flexibility index (Phi) is 4.05. The average molecular weight is 309 g/mol. The number of phenolic OH excluding ortho intramolecular Hbond substituents is 1. The Morgan fingerprint density at radius 1 is 1.30 bits per heavy atom. The van der Waals surface area contributed by atoms with E-state index in [1.807, 2.05) is 24.3 Å². The molecule has 1 heterocycles. The number of nitrogens with zero attached hydrogens (tertiary/aromatic N) is 3. The van der Waals surface area contributed by atoms with Gasteiger partial charge in [0.25, 0.3) is 5.91 Å². The highest BCUT2D eigenvalue weighted by Crippen LogP contribution is 2.26. The summed E-state index contributed by atoms with van der Waals surface area (Å²) in [7, 11) is 1.49. The van der Waals surface area contributed by atoms with Crippen molar-refractivity contribution in [3.05, 3.63) is 54.1 Å². The van der Waals surface area contributed by atoms with Gasteiger partial charge in [-0.1, -0.05) is 35.6 Å². The average Bonchev–Trinajstić information content (AvgIpc) is 3.00. The molecular weight excluding hydrogens is 294 g/mol. The molecule has 0 amide bonds. The van der Waals surface area contributed by atoms with Crippen molar-refractivity contribution >= 4 is 23.0 Å². The zero-order valence-electron chi connectivity index (χ0n) is 12.5. The van der Waals surface area contributed by atoms with Crippen LogP contribution in [0.1, 0.15) is 16.8 Å². The van der Waals surface area contributed by atoms with Crippen molar-refractivity contribution in [1.29, 1.82) is 0 Å². The monoisotopic (exact) mass is 309 g/mol. The van der Waals surface area contributed by atoms with Crippen molar-refractivity contribution in [2.75, 3.05) is 7.11 Å². The molecule has 1 N–H and O–H groups in total. The SMILES string of the molecule is COc1cc(/C=C/CC(=O)n2nnc3ccccc32)ccc1O. The molecule has 0 saturated heterocycles. The van der Waals surface area contributed by atoms with Crippen molar-refractivity contribution in [2.24, 2.45) is 0 Å². The fourth-order valence-electron chi connectivity index (χ4n) is 2.23. The number of hydrogen-bond acceptors (Lipinski definition) is 5. The fourth-order valence-corrected chi connectivity index (χ4v) is 2.23. The van der Waals surface area contributed by atoms with Crippen LogP contribution in [0, 0.1) is 0 Å². The zero-order valence-corrected chi connectivity index (χ0v) is 12.5. The van der Waals surface area contributed by atoms with Gasteiger partial charge < -0.3 is 9.84 Å². The van der Waals surface area contributed by atoms with Crippen LogP contribution in [0.3, 0.4) is 0 Å². The second-order valence-corrected chi connectivity index (χ2v) is 4.92. The quantitative estimate of drug-likeness (QED) is 0.802. The molecule has 0 aliphatic carbocycles. The molecule has 1 aromatic heterocycles. The first-order chi connectivity index (χ1) is 11.2. The lowest BCUT2D eigenvalue weighted by Crippen LogP contribution is -2.10. The van der Waals surface area contributed by atoms with E-state index < -0.39 is 0 Å². The van der Waals surface area contributed by atoms with Crippen LogP contribution < -0.4 is 4.74 Å². The first-order valence-corrected chi connectivity index (χ1v) is 7.06. The van der Waals surface area contributed by atoms with E-state index in [0.29, 0.717) is 16.8 Å². The van der Waals surface area contributed by atoms with Crippen LogP contribution in [0.15, 0.2) is 48.5 Å². The van der Waals surface area contributed by atoms with Gasteiger partial charge in [0.2, 0.25) is 0 Å². The molecule has 0 unspecified atom stereocenters. The molecular formula is C17H15N3O3. The highest BCUT2D eigenvalue weighted by Gasteiger charge is 2.09. The summed E-state index contributed by atoms with van der Waals surface area (Å²) in [6.45, 7) is 0. The number of rotatable bonds is 4. The maximum Gasteiger partial charge on any atom is 0.252 e. The molecule has 6 heteroatoms. The van der Waals surface area contributed by atoms with Gasteiger partial charge in [0.15, 0.2) is 11.5 Å². The molecule has 0 aliphatic heterocycles. The number of phenols is 1. The van der Waals surface area contributed by atoms with Gasteiger partial charge in [-0.25, -0.2) is 0 Å². The molecule has 116 valence electrons. The van der Waals surface area contributed by atoms with Gasteiger partial charge in [-0.3, -0.25) is 4.79 Å². The summed E-state index contributed by atoms with van der Waals surface area (Å²) < 4.78 is 6.35. The molecule has 0 atom stereocenters. The van der Waals surface area contributed by atoms with E-state index in [1.165, 1.54) is 11.8 Å². The van der Waals surface area contributed by atoms with Crippen molar-refractivity contribution < 1.29 is 14.6 Å². The van der Waals surface area contributed by atoms with E-state index in [9.17, 15) is 9.90 Å². The molecule has 0 radical (unpaired) electrons. The van der Waals surface area contributed by atoms with Crippen LogP contribution in [0.4, 0.5) is 0 Å². The first-order valence-electron chi connectivity index (χ1n) is 7.06. The minimum Gasteiger partial charge on any atom is -0.504 e. The van der Waals surface area contributed by atoms with Gasteiger partial charge in [0.1, 0.15) is 5.52 Å². The van der Waals surface area contributed by atoms with Gasteiger partial charge in [-0.2, -0.15) is 4.68 Å². The molecule has 0 bridgehead atoms. The third kappa shape index (κ3) is 3.06. The molecule has 0 saturated carbocycles. The molecule has 23 heavy (non-hydrogen) atoms. The minimum absolute atomic E-state index is 0.0785. The second kappa shape index (κ2) is 6.31. The number of aromatic nitrogens is 3. The fraction of sp³-hybridized carbons (Fsp3) is 0.118. The number of carbonyl (C=O) groups is 1. The Hall–Kier alpha value is -3.15. The minimum atomic E-state index is -0.166. The van der Waals surface area contributed by atoms with Gasteiger partial charge in [-0.15, -0.1) is 5.10 Å². The number of para-hydroxylation sites is 1. The molecule has 0 aliphatic rings. The Balaban J connectivity index is 1.74. The maximum absolute atomic E-state index is 12.2. The van der Waals surface area contributed by atoms with E-state index >= 15 is 0 Å². The number of aromatic hydroxyl groups is 1. The number of carbonyl (C=O) groups excluding carboxylic acids is 1. The molecule has 0 fully saturated rings. The summed E-state index contributed by atoms with van der Waals surface area (Å²) >= 11 is 0. The maximum atomic E-state index is 12.2. The Bertz CT molecular complexity index is 884. The predicted octanol–water partition coefficient (Wildman–Crippen LogP) is 2.89. The van der Waals surface area contributed by atoms with Crippen LogP contribution in [0.5, 0.6) is 11.5 Å². The Labute approximate surface area is 132 Å². The third-order valence-electron chi connectivity index (χ3n) is 3.39. The number of hydrogen-bond donors (Lipinski definition) is 1. The van der Waals surface area contributed by atoms with E-state index in [4.69, 9.17) is 4.74 Å². The lowest BCUT2D eigenvalue weighted by Gasteiger charge is -2.03. The normalized spacial score (nSPS) is 11.2. The van der Waals surface area contributed by atoms with Crippen molar-refractivity contribution in [2.45, 2.75) is 6.42 Å². The van der Waals surface area contributed by atoms with Crippen LogP contribution in [0.25, 0.3) is 17.1 Å². The lowest BCUT2D eigenvalue weighted by atomic mass is 10.1. The topological polar surface area (TPSA) is 77.2 Å². The number of fused-ring (bicyclic) bond motifs is 1. The summed E-state index contributed by atoms with van der Waals surface area (Å²) in [5.41, 5.74) is 2.21. The molecule has 0 spiro atoms. The first kappa shape index (κ1) is 14.8. The highest BCUT2D eigenvalue weighted by atomic mass is 16.5. The molecule has 3 rings (SSSR count). The van der Waals surface area contributed by atoms with Crippen LogP contribution in [-0.4, -0.2) is 33.1 Å². The number of ether oxygens (including phenoxy) is 1. The van der Waals surface area contributed by atoms with Crippen LogP contribution >= 0.6 is 0 Å². The molecule has 2 aromatic carbocycles.